The zero-order valence-electron chi connectivity index (χ0n) is 12.0. The van der Waals surface area contributed by atoms with Gasteiger partial charge in [-0.3, -0.25) is 9.59 Å². The molecule has 0 unspecified atom stereocenters. The van der Waals surface area contributed by atoms with Gasteiger partial charge in [0.15, 0.2) is 6.29 Å². The smallest absolute Gasteiger partial charge is 0.416 e. The monoisotopic (exact) mass is 315 g/mol. The maximum absolute atomic E-state index is 12.8. The summed E-state index contributed by atoms with van der Waals surface area (Å²) in [7, 11) is 1.31. The highest BCUT2D eigenvalue weighted by Crippen LogP contribution is 2.34. The van der Waals surface area contributed by atoms with Crippen LogP contribution in [0.4, 0.5) is 18.9 Å². The van der Waals surface area contributed by atoms with E-state index in [9.17, 15) is 22.8 Å². The van der Waals surface area contributed by atoms with Gasteiger partial charge in [0.05, 0.1) is 18.6 Å². The number of carbonyl (C=O) groups excluding carboxylic acids is 2. The molecule has 1 aromatic carbocycles. The number of piperidine rings is 1. The fourth-order valence-corrected chi connectivity index (χ4v) is 2.62. The Morgan fingerprint density at radius 3 is 2.45 bits per heavy atom. The first kappa shape index (κ1) is 16.3. The van der Waals surface area contributed by atoms with Crippen molar-refractivity contribution in [3.05, 3.63) is 29.3 Å². The van der Waals surface area contributed by atoms with Crippen LogP contribution >= 0.6 is 0 Å². The number of halogens is 3. The lowest BCUT2D eigenvalue weighted by Gasteiger charge is -2.33. The van der Waals surface area contributed by atoms with Crippen molar-refractivity contribution in [2.75, 3.05) is 25.1 Å². The van der Waals surface area contributed by atoms with E-state index >= 15 is 0 Å². The summed E-state index contributed by atoms with van der Waals surface area (Å²) in [5.41, 5.74) is -0.319. The number of anilines is 1. The maximum atomic E-state index is 12.8. The number of aldehydes is 1. The van der Waals surface area contributed by atoms with Gasteiger partial charge in [-0.15, -0.1) is 0 Å². The Morgan fingerprint density at radius 2 is 1.95 bits per heavy atom. The van der Waals surface area contributed by atoms with E-state index in [1.165, 1.54) is 13.2 Å². The van der Waals surface area contributed by atoms with Crippen molar-refractivity contribution in [2.45, 2.75) is 19.0 Å². The highest BCUT2D eigenvalue weighted by molar-refractivity contribution is 5.85. The van der Waals surface area contributed by atoms with Gasteiger partial charge in [-0.2, -0.15) is 13.2 Å². The molecular weight excluding hydrogens is 299 g/mol. The van der Waals surface area contributed by atoms with Crippen LogP contribution in [0, 0.1) is 5.92 Å². The van der Waals surface area contributed by atoms with Crippen molar-refractivity contribution in [3.8, 4) is 0 Å². The van der Waals surface area contributed by atoms with Crippen LogP contribution in [0.2, 0.25) is 0 Å². The topological polar surface area (TPSA) is 46.6 Å². The van der Waals surface area contributed by atoms with Gasteiger partial charge in [-0.25, -0.2) is 0 Å². The number of nitrogens with zero attached hydrogens (tertiary/aromatic N) is 1. The minimum atomic E-state index is -4.46. The number of benzene rings is 1. The van der Waals surface area contributed by atoms with Crippen LogP contribution in [0.25, 0.3) is 0 Å². The molecule has 22 heavy (non-hydrogen) atoms. The minimum absolute atomic E-state index is 0.213. The number of ether oxygens (including phenoxy) is 1. The Hall–Kier alpha value is -2.05. The molecular formula is C15H16F3NO3. The SMILES string of the molecule is COC(=O)C1CCN(c2cc(C(F)(F)F)ccc2C=O)CC1. The number of esters is 1. The number of rotatable bonds is 3. The summed E-state index contributed by atoms with van der Waals surface area (Å²) in [5, 5.41) is 0. The van der Waals surface area contributed by atoms with Gasteiger partial charge in [0.1, 0.15) is 0 Å². The number of alkyl halides is 3. The second-order valence-corrected chi connectivity index (χ2v) is 5.17. The zero-order chi connectivity index (χ0) is 16.3. The summed E-state index contributed by atoms with van der Waals surface area (Å²) < 4.78 is 43.1. The summed E-state index contributed by atoms with van der Waals surface area (Å²) in [6.45, 7) is 0.809. The summed E-state index contributed by atoms with van der Waals surface area (Å²) in [4.78, 5) is 24.2. The molecule has 0 amide bonds. The molecule has 1 saturated heterocycles. The van der Waals surface area contributed by atoms with Gasteiger partial charge >= 0.3 is 12.1 Å². The lowest BCUT2D eigenvalue weighted by molar-refractivity contribution is -0.146. The van der Waals surface area contributed by atoms with Crippen molar-refractivity contribution in [1.82, 2.24) is 0 Å². The van der Waals surface area contributed by atoms with E-state index in [0.717, 1.165) is 12.1 Å². The molecule has 0 bridgehead atoms. The summed E-state index contributed by atoms with van der Waals surface area (Å²) in [6, 6.07) is 3.06. The standard InChI is InChI=1S/C15H16F3NO3/c1-22-14(21)10-4-6-19(7-5-10)13-8-12(15(16,17)18)3-2-11(13)9-20/h2-3,8-10H,4-7H2,1H3. The first-order chi connectivity index (χ1) is 10.4. The number of carbonyl (C=O) groups is 2. The van der Waals surface area contributed by atoms with Crippen molar-refractivity contribution in [2.24, 2.45) is 5.92 Å². The molecule has 2 rings (SSSR count). The highest BCUT2D eigenvalue weighted by Gasteiger charge is 2.32. The van der Waals surface area contributed by atoms with Crippen LogP contribution in [0.3, 0.4) is 0 Å². The fourth-order valence-electron chi connectivity index (χ4n) is 2.62. The molecule has 0 atom stereocenters. The van der Waals surface area contributed by atoms with E-state index in [2.05, 4.69) is 4.74 Å². The lowest BCUT2D eigenvalue weighted by Crippen LogP contribution is -2.37. The summed E-state index contributed by atoms with van der Waals surface area (Å²) in [6.07, 6.45) is -2.94. The Labute approximate surface area is 125 Å². The van der Waals surface area contributed by atoms with Crippen molar-refractivity contribution < 1.29 is 27.5 Å². The third-order valence-corrected chi connectivity index (χ3v) is 3.85. The minimum Gasteiger partial charge on any atom is -0.469 e. The molecule has 1 heterocycles. The molecule has 1 aliphatic heterocycles. The van der Waals surface area contributed by atoms with Gasteiger partial charge in [0.2, 0.25) is 0 Å². The van der Waals surface area contributed by atoms with E-state index in [4.69, 9.17) is 0 Å². The summed E-state index contributed by atoms with van der Waals surface area (Å²) in [5.74, 6) is -0.550. The molecule has 0 radical (unpaired) electrons. The second kappa shape index (κ2) is 6.37. The Kier molecular flexibility index (Phi) is 4.73. The predicted molar refractivity (Wildman–Crippen MR) is 73.8 cm³/mol. The largest absolute Gasteiger partial charge is 0.469 e. The number of hydrogen-bond donors (Lipinski definition) is 0. The average molecular weight is 315 g/mol. The van der Waals surface area contributed by atoms with Crippen LogP contribution in [-0.2, 0) is 15.7 Å². The first-order valence-electron chi connectivity index (χ1n) is 6.86. The maximum Gasteiger partial charge on any atom is 0.416 e. The van der Waals surface area contributed by atoms with E-state index in [1.54, 1.807) is 4.90 Å². The van der Waals surface area contributed by atoms with Crippen molar-refractivity contribution >= 4 is 17.9 Å². The summed E-state index contributed by atoms with van der Waals surface area (Å²) >= 11 is 0. The Balaban J connectivity index is 2.22. The van der Waals surface area contributed by atoms with Crippen LogP contribution in [-0.4, -0.2) is 32.5 Å². The van der Waals surface area contributed by atoms with Crippen LogP contribution < -0.4 is 4.90 Å². The van der Waals surface area contributed by atoms with Gasteiger partial charge < -0.3 is 9.64 Å². The van der Waals surface area contributed by atoms with Gasteiger partial charge in [-0.1, -0.05) is 0 Å². The Bertz CT molecular complexity index is 564. The van der Waals surface area contributed by atoms with Crippen LogP contribution in [0.5, 0.6) is 0 Å². The molecule has 4 nitrogen and oxygen atoms in total. The quantitative estimate of drug-likeness (QED) is 0.635. The fraction of sp³-hybridized carbons (Fsp3) is 0.467. The molecule has 0 aromatic heterocycles. The zero-order valence-corrected chi connectivity index (χ0v) is 12.0. The van der Waals surface area contributed by atoms with Crippen molar-refractivity contribution in [1.29, 1.82) is 0 Å². The third-order valence-electron chi connectivity index (χ3n) is 3.85. The van der Waals surface area contributed by atoms with E-state index < -0.39 is 11.7 Å². The van der Waals surface area contributed by atoms with Gasteiger partial charge in [-0.05, 0) is 31.0 Å². The Morgan fingerprint density at radius 1 is 1.32 bits per heavy atom. The molecule has 0 saturated carbocycles. The molecule has 120 valence electrons. The number of methoxy groups -OCH3 is 1. The second-order valence-electron chi connectivity index (χ2n) is 5.17. The normalized spacial score (nSPS) is 16.5. The van der Waals surface area contributed by atoms with E-state index in [1.807, 2.05) is 0 Å². The molecule has 0 N–H and O–H groups in total. The predicted octanol–water partition coefficient (Wildman–Crippen LogP) is 2.91. The number of hydrogen-bond acceptors (Lipinski definition) is 4. The molecule has 1 aromatic rings. The lowest BCUT2D eigenvalue weighted by atomic mass is 9.95. The first-order valence-corrected chi connectivity index (χ1v) is 6.86. The van der Waals surface area contributed by atoms with Crippen LogP contribution in [0.1, 0.15) is 28.8 Å². The third kappa shape index (κ3) is 3.40. The van der Waals surface area contributed by atoms with Crippen molar-refractivity contribution in [3.63, 3.8) is 0 Å². The molecule has 1 aliphatic rings. The molecule has 7 heteroatoms. The van der Waals surface area contributed by atoms with E-state index in [0.29, 0.717) is 32.2 Å². The van der Waals surface area contributed by atoms with Gasteiger partial charge in [0.25, 0.3) is 0 Å². The van der Waals surface area contributed by atoms with Crippen LogP contribution in [0.15, 0.2) is 18.2 Å². The molecule has 0 spiro atoms. The molecule has 0 aliphatic carbocycles. The van der Waals surface area contributed by atoms with E-state index in [-0.39, 0.29) is 23.1 Å². The average Bonchev–Trinajstić information content (AvgIpc) is 2.52. The highest BCUT2D eigenvalue weighted by atomic mass is 19.4. The van der Waals surface area contributed by atoms with Gasteiger partial charge in [0, 0.05) is 24.3 Å². The molecule has 1 fully saturated rings.